The summed E-state index contributed by atoms with van der Waals surface area (Å²) in [5.74, 6) is 2.50. The van der Waals surface area contributed by atoms with Crippen LogP contribution in [0.5, 0.6) is 5.75 Å². The van der Waals surface area contributed by atoms with E-state index in [1.54, 1.807) is 0 Å². The second-order valence-electron chi connectivity index (χ2n) is 5.85. The molecular weight excluding hydrogens is 268 g/mol. The van der Waals surface area contributed by atoms with E-state index in [-0.39, 0.29) is 0 Å². The molecule has 1 atom stereocenters. The summed E-state index contributed by atoms with van der Waals surface area (Å²) in [6.45, 7) is 6.19. The predicted octanol–water partition coefficient (Wildman–Crippen LogP) is 4.53. The lowest BCUT2D eigenvalue weighted by atomic mass is 10.1. The van der Waals surface area contributed by atoms with Gasteiger partial charge in [0.25, 0.3) is 0 Å². The van der Waals surface area contributed by atoms with Gasteiger partial charge in [-0.1, -0.05) is 19.9 Å². The number of hydrogen-bond acceptors (Lipinski definition) is 2. The third-order valence-electron chi connectivity index (χ3n) is 4.13. The summed E-state index contributed by atoms with van der Waals surface area (Å²) in [7, 11) is 0. The van der Waals surface area contributed by atoms with E-state index in [0.29, 0.717) is 5.92 Å². The Morgan fingerprint density at radius 3 is 2.95 bits per heavy atom. The Bertz CT molecular complexity index is 654. The van der Waals surface area contributed by atoms with Gasteiger partial charge in [-0.2, -0.15) is 0 Å². The number of nitrogens with zero attached hydrogens (tertiary/aromatic N) is 1. The highest BCUT2D eigenvalue weighted by Crippen LogP contribution is 2.38. The Morgan fingerprint density at radius 2 is 2.25 bits per heavy atom. The maximum atomic E-state index is 5.81. The summed E-state index contributed by atoms with van der Waals surface area (Å²) in [5.41, 5.74) is 2.20. The summed E-state index contributed by atoms with van der Waals surface area (Å²) in [6.07, 6.45) is 3.76. The molecule has 2 aromatic rings. The number of ether oxygens (including phenoxy) is 1. The van der Waals surface area contributed by atoms with Gasteiger partial charge in [0.15, 0.2) is 4.77 Å². The molecule has 1 unspecified atom stereocenters. The van der Waals surface area contributed by atoms with Crippen LogP contribution in [0.4, 0.5) is 0 Å². The SMILES string of the molecule is CCCOc1cccc2c1[nH]c(=S)n2CC(C)C1CC1. The molecule has 3 nitrogen and oxygen atoms in total. The third-order valence-corrected chi connectivity index (χ3v) is 4.45. The van der Waals surface area contributed by atoms with Gasteiger partial charge in [-0.3, -0.25) is 0 Å². The summed E-state index contributed by atoms with van der Waals surface area (Å²) in [5, 5.41) is 0. The van der Waals surface area contributed by atoms with Gasteiger partial charge in [0, 0.05) is 6.54 Å². The fourth-order valence-corrected chi connectivity index (χ4v) is 3.04. The molecule has 1 aliphatic rings. The van der Waals surface area contributed by atoms with E-state index >= 15 is 0 Å². The maximum Gasteiger partial charge on any atom is 0.178 e. The monoisotopic (exact) mass is 290 g/mol. The number of rotatable bonds is 6. The number of nitrogens with one attached hydrogen (secondary N) is 1. The lowest BCUT2D eigenvalue weighted by molar-refractivity contribution is 0.320. The molecule has 0 saturated heterocycles. The van der Waals surface area contributed by atoms with Crippen molar-refractivity contribution in [1.82, 2.24) is 9.55 Å². The average Bonchev–Trinajstić information content (AvgIpc) is 3.24. The van der Waals surface area contributed by atoms with Crippen molar-refractivity contribution in [3.8, 4) is 5.75 Å². The fraction of sp³-hybridized carbons (Fsp3) is 0.562. The lowest BCUT2D eigenvalue weighted by Gasteiger charge is -2.12. The van der Waals surface area contributed by atoms with Crippen molar-refractivity contribution in [3.63, 3.8) is 0 Å². The third kappa shape index (κ3) is 2.62. The van der Waals surface area contributed by atoms with Crippen LogP contribution >= 0.6 is 12.2 Å². The van der Waals surface area contributed by atoms with Gasteiger partial charge in [-0.05, 0) is 55.4 Å². The van der Waals surface area contributed by atoms with E-state index in [9.17, 15) is 0 Å². The van der Waals surface area contributed by atoms with E-state index in [1.807, 2.05) is 12.1 Å². The van der Waals surface area contributed by atoms with Crippen LogP contribution in [0.3, 0.4) is 0 Å². The second kappa shape index (κ2) is 5.60. The lowest BCUT2D eigenvalue weighted by Crippen LogP contribution is -2.09. The molecule has 0 radical (unpaired) electrons. The van der Waals surface area contributed by atoms with Crippen molar-refractivity contribution >= 4 is 23.3 Å². The minimum atomic E-state index is 0.695. The first-order chi connectivity index (χ1) is 9.70. The van der Waals surface area contributed by atoms with Gasteiger partial charge in [-0.25, -0.2) is 0 Å². The molecule has 1 saturated carbocycles. The zero-order chi connectivity index (χ0) is 14.1. The Labute approximate surface area is 125 Å². The largest absolute Gasteiger partial charge is 0.491 e. The van der Waals surface area contributed by atoms with Gasteiger partial charge < -0.3 is 14.3 Å². The number of benzene rings is 1. The minimum absolute atomic E-state index is 0.695. The zero-order valence-electron chi connectivity index (χ0n) is 12.2. The number of fused-ring (bicyclic) bond motifs is 1. The molecule has 1 N–H and O–H groups in total. The molecule has 0 aliphatic heterocycles. The molecule has 0 amide bonds. The van der Waals surface area contributed by atoms with Crippen LogP contribution in [0.15, 0.2) is 18.2 Å². The van der Waals surface area contributed by atoms with Gasteiger partial charge in [-0.15, -0.1) is 0 Å². The van der Waals surface area contributed by atoms with E-state index in [1.165, 1.54) is 12.8 Å². The smallest absolute Gasteiger partial charge is 0.178 e. The second-order valence-corrected chi connectivity index (χ2v) is 6.24. The fourth-order valence-electron chi connectivity index (χ4n) is 2.77. The summed E-state index contributed by atoms with van der Waals surface area (Å²) < 4.78 is 8.84. The molecule has 1 aromatic carbocycles. The highest BCUT2D eigenvalue weighted by Gasteiger charge is 2.28. The number of para-hydroxylation sites is 1. The Morgan fingerprint density at radius 1 is 1.45 bits per heavy atom. The predicted molar refractivity (Wildman–Crippen MR) is 84.8 cm³/mol. The molecule has 0 spiro atoms. The first kappa shape index (κ1) is 13.7. The number of aromatic amines is 1. The van der Waals surface area contributed by atoms with E-state index in [0.717, 1.165) is 47.0 Å². The van der Waals surface area contributed by atoms with Gasteiger partial charge >= 0.3 is 0 Å². The van der Waals surface area contributed by atoms with Crippen molar-refractivity contribution in [2.45, 2.75) is 39.7 Å². The summed E-state index contributed by atoms with van der Waals surface area (Å²) in [6, 6.07) is 6.19. The number of imidazole rings is 1. The first-order valence-corrected chi connectivity index (χ1v) is 7.96. The first-order valence-electron chi connectivity index (χ1n) is 7.55. The van der Waals surface area contributed by atoms with Crippen molar-refractivity contribution in [3.05, 3.63) is 23.0 Å². The summed E-state index contributed by atoms with van der Waals surface area (Å²) in [4.78, 5) is 3.32. The summed E-state index contributed by atoms with van der Waals surface area (Å²) >= 11 is 5.50. The Hall–Kier alpha value is -1.29. The molecule has 3 rings (SSSR count). The molecule has 1 aromatic heterocycles. The van der Waals surface area contributed by atoms with Crippen LogP contribution in [0, 0.1) is 16.6 Å². The number of H-pyrrole nitrogens is 1. The molecule has 1 fully saturated rings. The van der Waals surface area contributed by atoms with E-state index in [4.69, 9.17) is 17.0 Å². The molecule has 1 aliphatic carbocycles. The van der Waals surface area contributed by atoms with Gasteiger partial charge in [0.2, 0.25) is 0 Å². The van der Waals surface area contributed by atoms with E-state index in [2.05, 4.69) is 29.5 Å². The molecule has 1 heterocycles. The van der Waals surface area contributed by atoms with Gasteiger partial charge in [0.05, 0.1) is 12.1 Å². The molecule has 20 heavy (non-hydrogen) atoms. The minimum Gasteiger partial charge on any atom is -0.491 e. The highest BCUT2D eigenvalue weighted by atomic mass is 32.1. The van der Waals surface area contributed by atoms with Crippen LogP contribution in [0.1, 0.15) is 33.1 Å². The standard InChI is InChI=1S/C16H22N2OS/c1-3-9-19-14-6-4-5-13-15(14)17-16(20)18(13)10-11(2)12-7-8-12/h4-6,11-12H,3,7-10H2,1-2H3,(H,17,20). The number of aromatic nitrogens is 2. The normalized spacial score (nSPS) is 16.5. The highest BCUT2D eigenvalue weighted by molar-refractivity contribution is 7.71. The molecule has 108 valence electrons. The van der Waals surface area contributed by atoms with Crippen molar-refractivity contribution in [2.24, 2.45) is 11.8 Å². The average molecular weight is 290 g/mol. The van der Waals surface area contributed by atoms with Crippen LogP contribution in [-0.2, 0) is 6.54 Å². The molecular formula is C16H22N2OS. The van der Waals surface area contributed by atoms with Gasteiger partial charge in [0.1, 0.15) is 11.3 Å². The van der Waals surface area contributed by atoms with Crippen LogP contribution < -0.4 is 4.74 Å². The van der Waals surface area contributed by atoms with Crippen LogP contribution in [0.2, 0.25) is 0 Å². The Kier molecular flexibility index (Phi) is 3.83. The quantitative estimate of drug-likeness (QED) is 0.792. The molecule has 4 heteroatoms. The topological polar surface area (TPSA) is 29.9 Å². The van der Waals surface area contributed by atoms with Crippen molar-refractivity contribution in [1.29, 1.82) is 0 Å². The van der Waals surface area contributed by atoms with Crippen LogP contribution in [-0.4, -0.2) is 16.2 Å². The van der Waals surface area contributed by atoms with Crippen LogP contribution in [0.25, 0.3) is 11.0 Å². The van der Waals surface area contributed by atoms with Crippen molar-refractivity contribution < 1.29 is 4.74 Å². The molecule has 0 bridgehead atoms. The zero-order valence-corrected chi connectivity index (χ0v) is 13.0. The van der Waals surface area contributed by atoms with E-state index < -0.39 is 0 Å². The number of hydrogen-bond donors (Lipinski definition) is 1. The van der Waals surface area contributed by atoms with Crippen molar-refractivity contribution in [2.75, 3.05) is 6.61 Å². The Balaban J connectivity index is 1.95. The maximum absolute atomic E-state index is 5.81.